The Morgan fingerprint density at radius 3 is 2.71 bits per heavy atom. The van der Waals surface area contributed by atoms with Gasteiger partial charge in [0.2, 0.25) is 0 Å². The van der Waals surface area contributed by atoms with Gasteiger partial charge in [0.15, 0.2) is 0 Å². The number of carbonyl (C=O) groups excluding carboxylic acids is 1. The third-order valence-electron chi connectivity index (χ3n) is 2.52. The molecule has 0 aliphatic rings. The minimum atomic E-state index is 0.0565. The van der Waals surface area contributed by atoms with Crippen molar-refractivity contribution in [3.05, 3.63) is 20.8 Å². The van der Waals surface area contributed by atoms with Crippen LogP contribution in [0.5, 0.6) is 0 Å². The molecule has 0 atom stereocenters. The van der Waals surface area contributed by atoms with Gasteiger partial charge in [-0.25, -0.2) is 0 Å². The molecule has 96 valence electrons. The highest BCUT2D eigenvalue weighted by molar-refractivity contribution is 9.09. The van der Waals surface area contributed by atoms with Crippen molar-refractivity contribution in [2.75, 3.05) is 18.4 Å². The Bertz CT molecular complexity index is 381. The van der Waals surface area contributed by atoms with Crippen molar-refractivity contribution >= 4 is 44.8 Å². The minimum absolute atomic E-state index is 0.0565. The summed E-state index contributed by atoms with van der Waals surface area (Å²) in [6.45, 7) is 5.58. The Morgan fingerprint density at radius 2 is 2.24 bits per heavy atom. The van der Waals surface area contributed by atoms with Crippen molar-refractivity contribution in [3.8, 4) is 0 Å². The molecule has 1 aromatic rings. The highest BCUT2D eigenvalue weighted by Gasteiger charge is 2.20. The third kappa shape index (κ3) is 3.97. The van der Waals surface area contributed by atoms with E-state index in [0.717, 1.165) is 36.8 Å². The number of rotatable bonds is 6. The largest absolute Gasteiger partial charge is 0.337 e. The molecule has 2 nitrogen and oxygen atoms in total. The number of carbonyl (C=O) groups is 1. The normalized spacial score (nSPS) is 10.6. The fourth-order valence-corrected chi connectivity index (χ4v) is 3.15. The molecular formula is C12H17BrClNOS. The Balaban J connectivity index is 2.80. The van der Waals surface area contributed by atoms with Crippen molar-refractivity contribution in [2.45, 2.75) is 26.7 Å². The molecule has 17 heavy (non-hydrogen) atoms. The van der Waals surface area contributed by atoms with Crippen LogP contribution >= 0.6 is 38.9 Å². The number of halogens is 2. The monoisotopic (exact) mass is 337 g/mol. The molecule has 1 rings (SSSR count). The molecular weight excluding hydrogens is 322 g/mol. The van der Waals surface area contributed by atoms with Gasteiger partial charge < -0.3 is 4.90 Å². The SMILES string of the molecule is CCCCN(CCBr)C(=O)c1scc(C)c1Cl. The number of alkyl halides is 1. The van der Waals surface area contributed by atoms with Gasteiger partial charge in [0.25, 0.3) is 5.91 Å². The predicted molar refractivity (Wildman–Crippen MR) is 78.7 cm³/mol. The second-order valence-electron chi connectivity index (χ2n) is 3.90. The zero-order valence-electron chi connectivity index (χ0n) is 10.1. The Hall–Kier alpha value is -0.0600. The summed E-state index contributed by atoms with van der Waals surface area (Å²) < 4.78 is 0. The van der Waals surface area contributed by atoms with Gasteiger partial charge in [-0.1, -0.05) is 40.9 Å². The maximum Gasteiger partial charge on any atom is 0.265 e. The summed E-state index contributed by atoms with van der Waals surface area (Å²) >= 11 is 10.9. The van der Waals surface area contributed by atoms with Crippen LogP contribution in [0, 0.1) is 6.92 Å². The van der Waals surface area contributed by atoms with Gasteiger partial charge in [0, 0.05) is 18.4 Å². The second kappa shape index (κ2) is 7.39. The zero-order chi connectivity index (χ0) is 12.8. The van der Waals surface area contributed by atoms with Crippen molar-refractivity contribution in [1.82, 2.24) is 4.90 Å². The second-order valence-corrected chi connectivity index (χ2v) is 5.95. The van der Waals surface area contributed by atoms with E-state index >= 15 is 0 Å². The molecule has 0 aromatic carbocycles. The van der Waals surface area contributed by atoms with E-state index < -0.39 is 0 Å². The molecule has 0 unspecified atom stereocenters. The molecule has 0 fully saturated rings. The molecule has 0 spiro atoms. The van der Waals surface area contributed by atoms with Crippen LogP contribution in [-0.2, 0) is 0 Å². The van der Waals surface area contributed by atoms with Crippen LogP contribution < -0.4 is 0 Å². The minimum Gasteiger partial charge on any atom is -0.337 e. The number of aryl methyl sites for hydroxylation is 1. The zero-order valence-corrected chi connectivity index (χ0v) is 13.3. The molecule has 0 bridgehead atoms. The number of unbranched alkanes of at least 4 members (excludes halogenated alkanes) is 1. The van der Waals surface area contributed by atoms with Crippen LogP contribution in [0.1, 0.15) is 35.0 Å². The predicted octanol–water partition coefficient (Wildman–Crippen LogP) is 4.35. The maximum absolute atomic E-state index is 12.3. The number of nitrogens with zero attached hydrogens (tertiary/aromatic N) is 1. The average Bonchev–Trinajstić information content (AvgIpc) is 2.65. The fourth-order valence-electron chi connectivity index (χ4n) is 1.48. The molecule has 0 aliphatic heterocycles. The van der Waals surface area contributed by atoms with E-state index in [-0.39, 0.29) is 5.91 Å². The lowest BCUT2D eigenvalue weighted by Gasteiger charge is -2.21. The molecule has 5 heteroatoms. The van der Waals surface area contributed by atoms with Crippen LogP contribution in [0.25, 0.3) is 0 Å². The molecule has 0 saturated carbocycles. The molecule has 0 saturated heterocycles. The molecule has 0 N–H and O–H groups in total. The van der Waals surface area contributed by atoms with E-state index in [1.54, 1.807) is 0 Å². The number of amides is 1. The number of hydrogen-bond acceptors (Lipinski definition) is 2. The average molecular weight is 339 g/mol. The number of hydrogen-bond donors (Lipinski definition) is 0. The first-order valence-electron chi connectivity index (χ1n) is 5.70. The van der Waals surface area contributed by atoms with Crippen molar-refractivity contribution < 1.29 is 4.79 Å². The summed E-state index contributed by atoms with van der Waals surface area (Å²) in [7, 11) is 0. The lowest BCUT2D eigenvalue weighted by atomic mass is 10.2. The van der Waals surface area contributed by atoms with Crippen LogP contribution in [0.2, 0.25) is 5.02 Å². The van der Waals surface area contributed by atoms with E-state index in [4.69, 9.17) is 11.6 Å². The first-order chi connectivity index (χ1) is 8.11. The van der Waals surface area contributed by atoms with Gasteiger partial charge >= 0.3 is 0 Å². The van der Waals surface area contributed by atoms with Crippen LogP contribution in [0.4, 0.5) is 0 Å². The van der Waals surface area contributed by atoms with Crippen molar-refractivity contribution in [1.29, 1.82) is 0 Å². The smallest absolute Gasteiger partial charge is 0.265 e. The van der Waals surface area contributed by atoms with E-state index in [0.29, 0.717) is 9.90 Å². The Kier molecular flexibility index (Phi) is 6.52. The van der Waals surface area contributed by atoms with Gasteiger partial charge in [-0.05, 0) is 24.3 Å². The van der Waals surface area contributed by atoms with E-state index in [2.05, 4.69) is 22.9 Å². The van der Waals surface area contributed by atoms with Crippen molar-refractivity contribution in [2.24, 2.45) is 0 Å². The lowest BCUT2D eigenvalue weighted by Crippen LogP contribution is -2.33. The highest BCUT2D eigenvalue weighted by atomic mass is 79.9. The lowest BCUT2D eigenvalue weighted by molar-refractivity contribution is 0.0769. The summed E-state index contributed by atoms with van der Waals surface area (Å²) in [6.07, 6.45) is 2.12. The highest BCUT2D eigenvalue weighted by Crippen LogP contribution is 2.28. The standard InChI is InChI=1S/C12H17BrClNOS/c1-3-4-6-15(7-5-13)12(16)11-10(14)9(2)8-17-11/h8H,3-7H2,1-2H3. The van der Waals surface area contributed by atoms with Crippen LogP contribution in [0.15, 0.2) is 5.38 Å². The van der Waals surface area contributed by atoms with Gasteiger partial charge in [-0.2, -0.15) is 0 Å². The molecule has 0 aliphatic carbocycles. The maximum atomic E-state index is 12.3. The first kappa shape index (κ1) is 15.0. The van der Waals surface area contributed by atoms with Crippen LogP contribution in [-0.4, -0.2) is 29.2 Å². The van der Waals surface area contributed by atoms with E-state index in [1.165, 1.54) is 11.3 Å². The summed E-state index contributed by atoms with van der Waals surface area (Å²) in [5.41, 5.74) is 0.981. The molecule has 1 aromatic heterocycles. The first-order valence-corrected chi connectivity index (χ1v) is 8.08. The molecule has 0 radical (unpaired) electrons. The molecule has 1 heterocycles. The van der Waals surface area contributed by atoms with E-state index in [1.807, 2.05) is 17.2 Å². The van der Waals surface area contributed by atoms with Crippen LogP contribution in [0.3, 0.4) is 0 Å². The fraction of sp³-hybridized carbons (Fsp3) is 0.583. The van der Waals surface area contributed by atoms with Gasteiger partial charge in [0.1, 0.15) is 4.88 Å². The third-order valence-corrected chi connectivity index (χ3v) is 4.56. The van der Waals surface area contributed by atoms with E-state index in [9.17, 15) is 4.79 Å². The molecule has 1 amide bonds. The Morgan fingerprint density at radius 1 is 1.53 bits per heavy atom. The van der Waals surface area contributed by atoms with Gasteiger partial charge in [-0.15, -0.1) is 11.3 Å². The van der Waals surface area contributed by atoms with Crippen molar-refractivity contribution in [3.63, 3.8) is 0 Å². The summed E-state index contributed by atoms with van der Waals surface area (Å²) in [6, 6.07) is 0. The summed E-state index contributed by atoms with van der Waals surface area (Å²) in [4.78, 5) is 14.8. The quantitative estimate of drug-likeness (QED) is 0.706. The number of thiophene rings is 1. The van der Waals surface area contributed by atoms with Gasteiger partial charge in [0.05, 0.1) is 5.02 Å². The Labute approximate surface area is 120 Å². The summed E-state index contributed by atoms with van der Waals surface area (Å²) in [5.74, 6) is 0.0565. The topological polar surface area (TPSA) is 20.3 Å². The van der Waals surface area contributed by atoms with Gasteiger partial charge in [-0.3, -0.25) is 4.79 Å². The summed E-state index contributed by atoms with van der Waals surface area (Å²) in [5, 5.41) is 3.34.